The number of rotatable bonds is 4. The summed E-state index contributed by atoms with van der Waals surface area (Å²) in [5.74, 6) is 0.211. The summed E-state index contributed by atoms with van der Waals surface area (Å²) < 4.78 is 0. The van der Waals surface area contributed by atoms with Crippen molar-refractivity contribution in [2.45, 2.75) is 19.5 Å². The third-order valence-corrected chi connectivity index (χ3v) is 3.77. The van der Waals surface area contributed by atoms with Gasteiger partial charge < -0.3 is 20.5 Å². The number of likely N-dealkylation sites (N-methyl/N-ethyl adjacent to an activating group) is 1. The molecule has 0 unspecified atom stereocenters. The Balaban J connectivity index is 1.83. The first-order chi connectivity index (χ1) is 11.1. The first-order valence-electron chi connectivity index (χ1n) is 7.39. The number of para-hydroxylation sites is 1. The quantitative estimate of drug-likeness (QED) is 0.735. The number of H-pyrrole nitrogens is 1. The highest BCUT2D eigenvalue weighted by molar-refractivity contribution is 5.90. The van der Waals surface area contributed by atoms with E-state index in [-0.39, 0.29) is 30.6 Å². The molecule has 0 bridgehead atoms. The SMILES string of the molecule is CCN(Cc1nc2ccccc2c(=O)[nH]1)C(=O)[C@H]1CNC(=O)N1. The smallest absolute Gasteiger partial charge is 0.315 e. The number of nitrogens with one attached hydrogen (secondary N) is 3. The monoisotopic (exact) mass is 315 g/mol. The van der Waals surface area contributed by atoms with Crippen molar-refractivity contribution < 1.29 is 9.59 Å². The van der Waals surface area contributed by atoms with Crippen LogP contribution in [-0.2, 0) is 11.3 Å². The first kappa shape index (κ1) is 15.0. The number of aromatic amines is 1. The summed E-state index contributed by atoms with van der Waals surface area (Å²) in [6, 6.07) is 6.10. The third kappa shape index (κ3) is 3.01. The standard InChI is InChI=1S/C15H17N5O3/c1-2-20(14(22)11-7-16-15(23)18-11)8-12-17-10-6-4-3-5-9(10)13(21)19-12/h3-6,11H,2,7-8H2,1H3,(H2,16,18,23)(H,17,19,21)/t11-/m1/s1. The summed E-state index contributed by atoms with van der Waals surface area (Å²) in [5.41, 5.74) is 0.357. The van der Waals surface area contributed by atoms with E-state index in [1.165, 1.54) is 0 Å². The van der Waals surface area contributed by atoms with Crippen LogP contribution in [0.1, 0.15) is 12.7 Å². The van der Waals surface area contributed by atoms with Crippen LogP contribution in [-0.4, -0.2) is 45.9 Å². The lowest BCUT2D eigenvalue weighted by atomic mass is 10.2. The highest BCUT2D eigenvalue weighted by atomic mass is 16.2. The van der Waals surface area contributed by atoms with Crippen molar-refractivity contribution in [3.05, 3.63) is 40.4 Å². The second-order valence-electron chi connectivity index (χ2n) is 5.29. The van der Waals surface area contributed by atoms with Gasteiger partial charge in [0, 0.05) is 13.1 Å². The van der Waals surface area contributed by atoms with Crippen LogP contribution in [0.25, 0.3) is 10.9 Å². The van der Waals surface area contributed by atoms with Gasteiger partial charge in [0.15, 0.2) is 0 Å². The molecule has 1 aromatic heterocycles. The maximum atomic E-state index is 12.4. The highest BCUT2D eigenvalue weighted by Gasteiger charge is 2.30. The minimum absolute atomic E-state index is 0.182. The molecule has 3 rings (SSSR count). The lowest BCUT2D eigenvalue weighted by molar-refractivity contribution is -0.133. The zero-order chi connectivity index (χ0) is 16.4. The second kappa shape index (κ2) is 6.07. The Labute approximate surface area is 131 Å². The predicted octanol–water partition coefficient (Wildman–Crippen LogP) is -0.0470. The number of carbonyl (C=O) groups excluding carboxylic acids is 2. The summed E-state index contributed by atoms with van der Waals surface area (Å²) in [6.45, 7) is 2.72. The number of nitrogens with zero attached hydrogens (tertiary/aromatic N) is 2. The average molecular weight is 315 g/mol. The van der Waals surface area contributed by atoms with Gasteiger partial charge in [-0.05, 0) is 19.1 Å². The number of carbonyl (C=O) groups is 2. The van der Waals surface area contributed by atoms with Crippen molar-refractivity contribution >= 4 is 22.8 Å². The highest BCUT2D eigenvalue weighted by Crippen LogP contribution is 2.08. The van der Waals surface area contributed by atoms with Crippen molar-refractivity contribution in [2.75, 3.05) is 13.1 Å². The molecular weight excluding hydrogens is 298 g/mol. The number of fused-ring (bicyclic) bond motifs is 1. The normalized spacial score (nSPS) is 16.9. The molecular formula is C15H17N5O3. The summed E-state index contributed by atoms with van der Waals surface area (Å²) in [4.78, 5) is 44.3. The molecule has 3 amide bonds. The molecule has 0 spiro atoms. The number of hydrogen-bond acceptors (Lipinski definition) is 4. The predicted molar refractivity (Wildman–Crippen MR) is 83.8 cm³/mol. The van der Waals surface area contributed by atoms with Gasteiger partial charge in [0.05, 0.1) is 17.4 Å². The van der Waals surface area contributed by atoms with E-state index in [1.54, 1.807) is 29.2 Å². The summed E-state index contributed by atoms with van der Waals surface area (Å²) >= 11 is 0. The van der Waals surface area contributed by atoms with E-state index in [4.69, 9.17) is 0 Å². The van der Waals surface area contributed by atoms with E-state index >= 15 is 0 Å². The van der Waals surface area contributed by atoms with Gasteiger partial charge in [-0.2, -0.15) is 0 Å². The van der Waals surface area contributed by atoms with E-state index in [0.29, 0.717) is 23.3 Å². The van der Waals surface area contributed by atoms with E-state index in [0.717, 1.165) is 0 Å². The van der Waals surface area contributed by atoms with Gasteiger partial charge in [-0.25, -0.2) is 9.78 Å². The Morgan fingerprint density at radius 2 is 2.13 bits per heavy atom. The molecule has 1 aliphatic heterocycles. The van der Waals surface area contributed by atoms with Crippen LogP contribution in [0.4, 0.5) is 4.79 Å². The van der Waals surface area contributed by atoms with Crippen molar-refractivity contribution in [1.82, 2.24) is 25.5 Å². The Bertz CT molecular complexity index is 816. The van der Waals surface area contributed by atoms with Crippen LogP contribution in [0, 0.1) is 0 Å². The van der Waals surface area contributed by atoms with E-state index in [1.807, 2.05) is 6.92 Å². The number of aromatic nitrogens is 2. The Morgan fingerprint density at radius 1 is 1.35 bits per heavy atom. The molecule has 0 saturated carbocycles. The minimum atomic E-state index is -0.588. The Kier molecular flexibility index (Phi) is 3.96. The zero-order valence-electron chi connectivity index (χ0n) is 12.6. The molecule has 120 valence electrons. The number of urea groups is 1. The molecule has 1 aromatic carbocycles. The molecule has 1 saturated heterocycles. The summed E-state index contributed by atoms with van der Waals surface area (Å²) in [7, 11) is 0. The van der Waals surface area contributed by atoms with Crippen molar-refractivity contribution in [1.29, 1.82) is 0 Å². The fourth-order valence-electron chi connectivity index (χ4n) is 2.56. The molecule has 1 aliphatic rings. The van der Waals surface area contributed by atoms with Crippen LogP contribution in [0.5, 0.6) is 0 Å². The number of amides is 3. The van der Waals surface area contributed by atoms with E-state index in [2.05, 4.69) is 20.6 Å². The van der Waals surface area contributed by atoms with Gasteiger partial charge in [-0.15, -0.1) is 0 Å². The van der Waals surface area contributed by atoms with Crippen molar-refractivity contribution in [2.24, 2.45) is 0 Å². The molecule has 0 radical (unpaired) electrons. The molecule has 8 nitrogen and oxygen atoms in total. The molecule has 1 atom stereocenters. The second-order valence-corrected chi connectivity index (χ2v) is 5.29. The van der Waals surface area contributed by atoms with E-state index in [9.17, 15) is 14.4 Å². The minimum Gasteiger partial charge on any atom is -0.336 e. The molecule has 23 heavy (non-hydrogen) atoms. The van der Waals surface area contributed by atoms with Gasteiger partial charge >= 0.3 is 6.03 Å². The summed E-state index contributed by atoms with van der Waals surface area (Å²) in [6.07, 6.45) is 0. The maximum Gasteiger partial charge on any atom is 0.315 e. The van der Waals surface area contributed by atoms with E-state index < -0.39 is 6.04 Å². The van der Waals surface area contributed by atoms with Crippen LogP contribution in [0.15, 0.2) is 29.1 Å². The lowest BCUT2D eigenvalue weighted by Crippen LogP contribution is -2.45. The zero-order valence-corrected chi connectivity index (χ0v) is 12.6. The topological polar surface area (TPSA) is 107 Å². The van der Waals surface area contributed by atoms with Gasteiger partial charge in [-0.3, -0.25) is 9.59 Å². The Morgan fingerprint density at radius 3 is 2.83 bits per heavy atom. The van der Waals surface area contributed by atoms with Gasteiger partial charge in [0.1, 0.15) is 11.9 Å². The largest absolute Gasteiger partial charge is 0.336 e. The molecule has 8 heteroatoms. The van der Waals surface area contributed by atoms with Crippen molar-refractivity contribution in [3.8, 4) is 0 Å². The molecule has 2 heterocycles. The average Bonchev–Trinajstić information content (AvgIpc) is 2.98. The van der Waals surface area contributed by atoms with Crippen LogP contribution in [0.3, 0.4) is 0 Å². The lowest BCUT2D eigenvalue weighted by Gasteiger charge is -2.23. The fourth-order valence-corrected chi connectivity index (χ4v) is 2.56. The number of benzene rings is 1. The molecule has 1 fully saturated rings. The van der Waals surface area contributed by atoms with Gasteiger partial charge in [0.25, 0.3) is 5.56 Å². The van der Waals surface area contributed by atoms with Crippen LogP contribution < -0.4 is 16.2 Å². The Hall–Kier alpha value is -2.90. The van der Waals surface area contributed by atoms with Crippen LogP contribution in [0.2, 0.25) is 0 Å². The molecule has 0 aliphatic carbocycles. The first-order valence-corrected chi connectivity index (χ1v) is 7.39. The third-order valence-electron chi connectivity index (χ3n) is 3.77. The molecule has 2 aromatic rings. The molecule has 3 N–H and O–H groups in total. The fraction of sp³-hybridized carbons (Fsp3) is 0.333. The maximum absolute atomic E-state index is 12.4. The summed E-state index contributed by atoms with van der Waals surface area (Å²) in [5, 5.41) is 5.63. The number of hydrogen-bond donors (Lipinski definition) is 3. The van der Waals surface area contributed by atoms with Crippen LogP contribution >= 0.6 is 0 Å². The van der Waals surface area contributed by atoms with Crippen molar-refractivity contribution in [3.63, 3.8) is 0 Å². The van der Waals surface area contributed by atoms with Gasteiger partial charge in [0.2, 0.25) is 5.91 Å². The van der Waals surface area contributed by atoms with Gasteiger partial charge in [-0.1, -0.05) is 12.1 Å².